The fourth-order valence-corrected chi connectivity index (χ4v) is 6.17. The van der Waals surface area contributed by atoms with Crippen LogP contribution in [0.3, 0.4) is 0 Å². The van der Waals surface area contributed by atoms with Crippen molar-refractivity contribution in [2.75, 3.05) is 11.5 Å². The van der Waals surface area contributed by atoms with Gasteiger partial charge in [0.2, 0.25) is 11.8 Å². The van der Waals surface area contributed by atoms with E-state index in [-0.39, 0.29) is 35.5 Å². The smallest absolute Gasteiger partial charge is 0.238 e. The highest BCUT2D eigenvalue weighted by atomic mass is 16.5. The molecule has 0 aromatic heterocycles. The van der Waals surface area contributed by atoms with Gasteiger partial charge in [0.05, 0.1) is 24.1 Å². The van der Waals surface area contributed by atoms with Crippen LogP contribution in [0.15, 0.2) is 72.8 Å². The molecule has 3 aromatic rings. The van der Waals surface area contributed by atoms with Crippen molar-refractivity contribution < 1.29 is 14.3 Å². The average molecular weight is 438 g/mol. The number of hydrogen-bond acceptors (Lipinski definition) is 3. The third kappa shape index (κ3) is 2.97. The minimum absolute atomic E-state index is 0.0741. The molecule has 4 heteroatoms. The molecule has 1 heterocycles. The predicted molar refractivity (Wildman–Crippen MR) is 128 cm³/mol. The fourth-order valence-electron chi connectivity index (χ4n) is 6.17. The van der Waals surface area contributed by atoms with Crippen LogP contribution >= 0.6 is 0 Å². The lowest BCUT2D eigenvalue weighted by atomic mass is 9.55. The number of ether oxygens (including phenoxy) is 1. The quantitative estimate of drug-likeness (QED) is 0.370. The third-order valence-corrected chi connectivity index (χ3v) is 7.56. The van der Waals surface area contributed by atoms with Gasteiger partial charge in [-0.05, 0) is 52.9 Å². The first-order valence-electron chi connectivity index (χ1n) is 12.0. The van der Waals surface area contributed by atoms with Crippen LogP contribution in [-0.4, -0.2) is 18.4 Å². The van der Waals surface area contributed by atoms with E-state index in [2.05, 4.69) is 31.2 Å². The maximum Gasteiger partial charge on any atom is 0.238 e. The summed E-state index contributed by atoms with van der Waals surface area (Å²) < 4.78 is 5.81. The van der Waals surface area contributed by atoms with Crippen molar-refractivity contribution in [3.63, 3.8) is 0 Å². The lowest BCUT2D eigenvalue weighted by Crippen LogP contribution is -2.41. The minimum atomic E-state index is -0.350. The number of amides is 2. The van der Waals surface area contributed by atoms with E-state index >= 15 is 0 Å². The molecule has 4 nitrogen and oxygen atoms in total. The van der Waals surface area contributed by atoms with Crippen LogP contribution in [0, 0.1) is 11.8 Å². The summed E-state index contributed by atoms with van der Waals surface area (Å²) in [6, 6.07) is 24.1. The Hall–Kier alpha value is -3.40. The molecule has 1 saturated heterocycles. The number of unbranched alkanes of at least 4 members (excludes halogenated alkanes) is 2. The van der Waals surface area contributed by atoms with Crippen molar-refractivity contribution in [2.45, 2.75) is 38.0 Å². The van der Waals surface area contributed by atoms with Crippen LogP contribution in [0.1, 0.15) is 60.3 Å². The second kappa shape index (κ2) is 7.87. The van der Waals surface area contributed by atoms with E-state index in [1.54, 1.807) is 0 Å². The molecule has 2 bridgehead atoms. The zero-order valence-corrected chi connectivity index (χ0v) is 18.7. The first kappa shape index (κ1) is 20.2. The Bertz CT molecular complexity index is 1120. The molecule has 3 aliphatic carbocycles. The maximum absolute atomic E-state index is 13.8. The van der Waals surface area contributed by atoms with Crippen LogP contribution in [0.2, 0.25) is 0 Å². The second-order valence-electron chi connectivity index (χ2n) is 9.33. The van der Waals surface area contributed by atoms with Gasteiger partial charge in [0.1, 0.15) is 5.75 Å². The molecule has 1 aliphatic heterocycles. The number of benzene rings is 3. The lowest BCUT2D eigenvalue weighted by Gasteiger charge is -2.45. The van der Waals surface area contributed by atoms with Crippen molar-refractivity contribution in [2.24, 2.45) is 11.8 Å². The zero-order chi connectivity index (χ0) is 22.5. The Morgan fingerprint density at radius 3 is 1.64 bits per heavy atom. The van der Waals surface area contributed by atoms with E-state index in [9.17, 15) is 9.59 Å². The summed E-state index contributed by atoms with van der Waals surface area (Å²) in [5.41, 5.74) is 5.41. The van der Waals surface area contributed by atoms with Gasteiger partial charge in [0.15, 0.2) is 0 Å². The van der Waals surface area contributed by atoms with Gasteiger partial charge in [0, 0.05) is 11.8 Å². The molecule has 7 rings (SSSR count). The number of hydrogen-bond donors (Lipinski definition) is 0. The fraction of sp³-hybridized carbons (Fsp3) is 0.310. The van der Waals surface area contributed by atoms with Gasteiger partial charge in [-0.3, -0.25) is 9.59 Å². The van der Waals surface area contributed by atoms with Crippen molar-refractivity contribution in [3.05, 3.63) is 95.1 Å². The Balaban J connectivity index is 1.35. The van der Waals surface area contributed by atoms with Gasteiger partial charge in [-0.1, -0.05) is 68.3 Å². The van der Waals surface area contributed by atoms with E-state index in [1.807, 2.05) is 48.5 Å². The van der Waals surface area contributed by atoms with Crippen LogP contribution < -0.4 is 9.64 Å². The van der Waals surface area contributed by atoms with Gasteiger partial charge in [-0.15, -0.1) is 0 Å². The molecule has 2 atom stereocenters. The minimum Gasteiger partial charge on any atom is -0.494 e. The number of carbonyl (C=O) groups is 2. The predicted octanol–water partition coefficient (Wildman–Crippen LogP) is 5.65. The molecule has 0 saturated carbocycles. The Morgan fingerprint density at radius 2 is 1.18 bits per heavy atom. The highest BCUT2D eigenvalue weighted by molar-refractivity contribution is 6.23. The number of carbonyl (C=O) groups excluding carboxylic acids is 2. The van der Waals surface area contributed by atoms with Gasteiger partial charge in [-0.2, -0.15) is 0 Å². The number of nitrogens with zero attached hydrogens (tertiary/aromatic N) is 1. The van der Waals surface area contributed by atoms with Gasteiger partial charge in [-0.25, -0.2) is 4.90 Å². The Morgan fingerprint density at radius 1 is 0.697 bits per heavy atom. The SMILES string of the molecule is CCCCCOc1ccc(N2C(=O)[C@@H]3C4c5ccccc5C(c5ccccc54)[C@@H]3C2=O)cc1. The zero-order valence-electron chi connectivity index (χ0n) is 18.7. The second-order valence-corrected chi connectivity index (χ2v) is 9.33. The van der Waals surface area contributed by atoms with Gasteiger partial charge < -0.3 is 4.74 Å². The number of imide groups is 1. The summed E-state index contributed by atoms with van der Waals surface area (Å²) in [5.74, 6) is -0.243. The summed E-state index contributed by atoms with van der Waals surface area (Å²) in [7, 11) is 0. The Kier molecular flexibility index (Phi) is 4.83. The van der Waals surface area contributed by atoms with Crippen LogP contribution in [0.25, 0.3) is 0 Å². The lowest BCUT2D eigenvalue weighted by molar-refractivity contribution is -0.122. The summed E-state index contributed by atoms with van der Waals surface area (Å²) in [6.07, 6.45) is 3.32. The third-order valence-electron chi connectivity index (χ3n) is 7.56. The monoisotopic (exact) mass is 437 g/mol. The van der Waals surface area contributed by atoms with Gasteiger partial charge >= 0.3 is 0 Å². The average Bonchev–Trinajstić information content (AvgIpc) is 3.13. The highest BCUT2D eigenvalue weighted by Gasteiger charge is 2.61. The van der Waals surface area contributed by atoms with Crippen molar-refractivity contribution in [3.8, 4) is 5.75 Å². The van der Waals surface area contributed by atoms with Crippen LogP contribution in [-0.2, 0) is 9.59 Å². The number of anilines is 1. The molecule has 3 aromatic carbocycles. The molecule has 0 unspecified atom stereocenters. The summed E-state index contributed by atoms with van der Waals surface area (Å²) in [5, 5.41) is 0. The van der Waals surface area contributed by atoms with Gasteiger partial charge in [0.25, 0.3) is 0 Å². The van der Waals surface area contributed by atoms with Crippen molar-refractivity contribution in [1.29, 1.82) is 0 Å². The molecule has 4 aliphatic rings. The molecular formula is C29H27NO3. The van der Waals surface area contributed by atoms with Crippen molar-refractivity contribution in [1.82, 2.24) is 0 Å². The summed E-state index contributed by atoms with van der Waals surface area (Å²) in [6.45, 7) is 2.85. The maximum atomic E-state index is 13.8. The topological polar surface area (TPSA) is 46.6 Å². The number of rotatable bonds is 6. The largest absolute Gasteiger partial charge is 0.494 e. The standard InChI is InChI=1S/C29H27NO3/c1-2-3-8-17-33-19-15-13-18(14-16-19)30-28(31)26-24-20-9-4-5-10-21(20)25(27(26)29(30)32)23-12-7-6-11-22(23)24/h4-7,9-16,24-27H,2-3,8,17H2,1H3/t24?,25?,26-,27+. The first-order chi connectivity index (χ1) is 16.2. The highest BCUT2D eigenvalue weighted by Crippen LogP contribution is 2.61. The molecule has 0 radical (unpaired) electrons. The van der Waals surface area contributed by atoms with E-state index in [4.69, 9.17) is 4.74 Å². The molecule has 33 heavy (non-hydrogen) atoms. The molecule has 1 fully saturated rings. The van der Waals surface area contributed by atoms with E-state index in [1.165, 1.54) is 27.2 Å². The van der Waals surface area contributed by atoms with Crippen molar-refractivity contribution >= 4 is 17.5 Å². The molecule has 0 N–H and O–H groups in total. The molecule has 0 spiro atoms. The van der Waals surface area contributed by atoms with E-state index < -0.39 is 0 Å². The van der Waals surface area contributed by atoms with Crippen LogP contribution in [0.5, 0.6) is 5.75 Å². The van der Waals surface area contributed by atoms with Crippen LogP contribution in [0.4, 0.5) is 5.69 Å². The molecule has 166 valence electrons. The first-order valence-corrected chi connectivity index (χ1v) is 12.0. The molecule has 2 amide bonds. The van der Waals surface area contributed by atoms with E-state index in [0.717, 1.165) is 25.0 Å². The summed E-state index contributed by atoms with van der Waals surface area (Å²) in [4.78, 5) is 29.0. The normalized spacial score (nSPS) is 24.5. The molecular weight excluding hydrogens is 410 g/mol. The summed E-state index contributed by atoms with van der Waals surface area (Å²) >= 11 is 0. The van der Waals surface area contributed by atoms with E-state index in [0.29, 0.717) is 12.3 Å². The Labute approximate surface area is 194 Å².